The predicted octanol–water partition coefficient (Wildman–Crippen LogP) is 3.99. The molecule has 0 saturated heterocycles. The van der Waals surface area contributed by atoms with E-state index in [2.05, 4.69) is 46.2 Å². The summed E-state index contributed by atoms with van der Waals surface area (Å²) in [7, 11) is 0. The van der Waals surface area contributed by atoms with E-state index < -0.39 is 0 Å². The Morgan fingerprint density at radius 1 is 1.10 bits per heavy atom. The third-order valence-corrected chi connectivity index (χ3v) is 3.87. The summed E-state index contributed by atoms with van der Waals surface area (Å²) in [6, 6.07) is 18.0. The maximum absolute atomic E-state index is 6.46. The molecule has 3 rings (SSSR count). The van der Waals surface area contributed by atoms with Gasteiger partial charge in [-0.25, -0.2) is 4.68 Å². The van der Waals surface area contributed by atoms with E-state index in [0.717, 1.165) is 21.4 Å². The van der Waals surface area contributed by atoms with Crippen molar-refractivity contribution >= 4 is 15.9 Å². The minimum atomic E-state index is -0.219. The smallest absolute Gasteiger partial charge is 0.0728 e. The van der Waals surface area contributed by atoms with Crippen molar-refractivity contribution in [2.24, 2.45) is 5.73 Å². The van der Waals surface area contributed by atoms with Crippen LogP contribution in [0.1, 0.15) is 22.9 Å². The first-order chi connectivity index (χ1) is 10.1. The van der Waals surface area contributed by atoms with E-state index in [-0.39, 0.29) is 6.04 Å². The van der Waals surface area contributed by atoms with Gasteiger partial charge in [0, 0.05) is 10.7 Å². The van der Waals surface area contributed by atoms with Gasteiger partial charge in [-0.1, -0.05) is 40.2 Å². The molecule has 0 spiro atoms. The van der Waals surface area contributed by atoms with E-state index in [1.807, 2.05) is 41.1 Å². The molecule has 0 radical (unpaired) electrons. The molecule has 1 aromatic heterocycles. The lowest BCUT2D eigenvalue weighted by molar-refractivity contribution is 0.738. The summed E-state index contributed by atoms with van der Waals surface area (Å²) in [5.41, 5.74) is 10.7. The molecule has 3 nitrogen and oxygen atoms in total. The van der Waals surface area contributed by atoms with Crippen molar-refractivity contribution in [3.05, 3.63) is 82.1 Å². The SMILES string of the molecule is Cc1cc(Br)cc(C(N)c2ccnn2-c2ccccc2)c1. The highest BCUT2D eigenvalue weighted by Crippen LogP contribution is 2.25. The number of aryl methyl sites for hydroxylation is 1. The van der Waals surface area contributed by atoms with Crippen LogP contribution in [0.15, 0.2) is 65.3 Å². The Balaban J connectivity index is 2.03. The van der Waals surface area contributed by atoms with Crippen LogP contribution in [0, 0.1) is 6.92 Å². The molecule has 0 amide bonds. The number of halogens is 1. The van der Waals surface area contributed by atoms with Crippen molar-refractivity contribution < 1.29 is 0 Å². The molecule has 0 bridgehead atoms. The molecule has 106 valence electrons. The molecule has 4 heteroatoms. The average molecular weight is 342 g/mol. The number of hydrogen-bond acceptors (Lipinski definition) is 2. The van der Waals surface area contributed by atoms with E-state index in [0.29, 0.717) is 0 Å². The van der Waals surface area contributed by atoms with Crippen LogP contribution in [0.3, 0.4) is 0 Å². The molecule has 3 aromatic rings. The summed E-state index contributed by atoms with van der Waals surface area (Å²) in [5, 5.41) is 4.40. The van der Waals surface area contributed by atoms with Crippen LogP contribution in [0.5, 0.6) is 0 Å². The van der Waals surface area contributed by atoms with E-state index in [1.54, 1.807) is 6.20 Å². The van der Waals surface area contributed by atoms with Crippen molar-refractivity contribution in [1.82, 2.24) is 9.78 Å². The fourth-order valence-electron chi connectivity index (χ4n) is 2.45. The number of benzene rings is 2. The Morgan fingerprint density at radius 2 is 1.86 bits per heavy atom. The quantitative estimate of drug-likeness (QED) is 0.782. The van der Waals surface area contributed by atoms with Crippen molar-refractivity contribution in [3.8, 4) is 5.69 Å². The Hall–Kier alpha value is -1.91. The van der Waals surface area contributed by atoms with Gasteiger partial charge in [0.25, 0.3) is 0 Å². The molecule has 21 heavy (non-hydrogen) atoms. The second-order valence-corrected chi connectivity index (χ2v) is 5.96. The molecule has 1 unspecified atom stereocenters. The summed E-state index contributed by atoms with van der Waals surface area (Å²) in [6.07, 6.45) is 1.78. The van der Waals surface area contributed by atoms with Crippen molar-refractivity contribution in [3.63, 3.8) is 0 Å². The molecule has 0 fully saturated rings. The maximum Gasteiger partial charge on any atom is 0.0728 e. The fourth-order valence-corrected chi connectivity index (χ4v) is 3.07. The summed E-state index contributed by atoms with van der Waals surface area (Å²) < 4.78 is 2.93. The van der Waals surface area contributed by atoms with Crippen molar-refractivity contribution in [2.45, 2.75) is 13.0 Å². The third-order valence-electron chi connectivity index (χ3n) is 3.41. The van der Waals surface area contributed by atoms with Gasteiger partial charge in [0.05, 0.1) is 17.4 Å². The molecule has 0 aliphatic carbocycles. The highest BCUT2D eigenvalue weighted by atomic mass is 79.9. The lowest BCUT2D eigenvalue weighted by Crippen LogP contribution is -2.17. The fraction of sp³-hybridized carbons (Fsp3) is 0.118. The minimum absolute atomic E-state index is 0.219. The van der Waals surface area contributed by atoms with Crippen molar-refractivity contribution in [2.75, 3.05) is 0 Å². The minimum Gasteiger partial charge on any atom is -0.319 e. The molecular weight excluding hydrogens is 326 g/mol. The van der Waals surface area contributed by atoms with E-state index in [9.17, 15) is 0 Å². The van der Waals surface area contributed by atoms with E-state index in [1.165, 1.54) is 5.56 Å². The van der Waals surface area contributed by atoms with Crippen LogP contribution < -0.4 is 5.73 Å². The number of rotatable bonds is 3. The number of aromatic nitrogens is 2. The molecule has 0 saturated carbocycles. The number of hydrogen-bond donors (Lipinski definition) is 1. The van der Waals surface area contributed by atoms with Gasteiger partial charge >= 0.3 is 0 Å². The average Bonchev–Trinajstić information content (AvgIpc) is 2.95. The van der Waals surface area contributed by atoms with Crippen LogP contribution >= 0.6 is 15.9 Å². The molecule has 1 atom stereocenters. The van der Waals surface area contributed by atoms with Crippen LogP contribution in [-0.2, 0) is 0 Å². The number of nitrogens with two attached hydrogens (primary N) is 1. The zero-order valence-corrected chi connectivity index (χ0v) is 13.3. The van der Waals surface area contributed by atoms with Gasteiger partial charge in [0.15, 0.2) is 0 Å². The first kappa shape index (κ1) is 14.0. The van der Waals surface area contributed by atoms with Gasteiger partial charge in [-0.3, -0.25) is 0 Å². The maximum atomic E-state index is 6.46. The van der Waals surface area contributed by atoms with Gasteiger partial charge in [0.1, 0.15) is 0 Å². The van der Waals surface area contributed by atoms with Gasteiger partial charge in [0.2, 0.25) is 0 Å². The van der Waals surface area contributed by atoms with Gasteiger partial charge in [-0.05, 0) is 48.4 Å². The zero-order valence-electron chi connectivity index (χ0n) is 11.7. The molecular formula is C17H16BrN3. The highest BCUT2D eigenvalue weighted by molar-refractivity contribution is 9.10. The normalized spacial score (nSPS) is 12.3. The van der Waals surface area contributed by atoms with Gasteiger partial charge in [-0.15, -0.1) is 0 Å². The molecule has 0 aliphatic heterocycles. The topological polar surface area (TPSA) is 43.8 Å². The molecule has 2 N–H and O–H groups in total. The highest BCUT2D eigenvalue weighted by Gasteiger charge is 2.15. The molecule has 0 aliphatic rings. The Labute approximate surface area is 132 Å². The Bertz CT molecular complexity index is 729. The largest absolute Gasteiger partial charge is 0.319 e. The number of nitrogens with zero attached hydrogens (tertiary/aromatic N) is 2. The summed E-state index contributed by atoms with van der Waals surface area (Å²) >= 11 is 3.53. The van der Waals surface area contributed by atoms with Gasteiger partial charge in [-0.2, -0.15) is 5.10 Å². The van der Waals surface area contributed by atoms with E-state index in [4.69, 9.17) is 5.73 Å². The summed E-state index contributed by atoms with van der Waals surface area (Å²) in [6.45, 7) is 2.06. The molecule has 2 aromatic carbocycles. The third kappa shape index (κ3) is 2.91. The second-order valence-electron chi connectivity index (χ2n) is 5.04. The number of para-hydroxylation sites is 1. The Morgan fingerprint density at radius 3 is 2.57 bits per heavy atom. The Kier molecular flexibility index (Phi) is 3.90. The summed E-state index contributed by atoms with van der Waals surface area (Å²) in [5.74, 6) is 0. The van der Waals surface area contributed by atoms with Gasteiger partial charge < -0.3 is 5.73 Å². The van der Waals surface area contributed by atoms with Crippen molar-refractivity contribution in [1.29, 1.82) is 0 Å². The van der Waals surface area contributed by atoms with Crippen LogP contribution in [0.25, 0.3) is 5.69 Å². The summed E-state index contributed by atoms with van der Waals surface area (Å²) in [4.78, 5) is 0. The first-order valence-electron chi connectivity index (χ1n) is 6.77. The standard InChI is InChI=1S/C17H16BrN3/c1-12-9-13(11-14(18)10-12)17(19)16-7-8-20-21(16)15-5-3-2-4-6-15/h2-11,17H,19H2,1H3. The van der Waals surface area contributed by atoms with E-state index >= 15 is 0 Å². The zero-order chi connectivity index (χ0) is 14.8. The predicted molar refractivity (Wildman–Crippen MR) is 88.5 cm³/mol. The monoisotopic (exact) mass is 341 g/mol. The lowest BCUT2D eigenvalue weighted by atomic mass is 10.0. The first-order valence-corrected chi connectivity index (χ1v) is 7.56. The van der Waals surface area contributed by atoms with Crippen LogP contribution in [0.2, 0.25) is 0 Å². The molecule has 1 heterocycles. The lowest BCUT2D eigenvalue weighted by Gasteiger charge is -2.16. The van der Waals surface area contributed by atoms with Crippen LogP contribution in [0.4, 0.5) is 0 Å². The van der Waals surface area contributed by atoms with Crippen LogP contribution in [-0.4, -0.2) is 9.78 Å². The second kappa shape index (κ2) is 5.84.